The number of aromatic nitrogens is 2. The topological polar surface area (TPSA) is 45.8 Å². The van der Waals surface area contributed by atoms with Crippen LogP contribution in [0.5, 0.6) is 0 Å². The molecule has 0 atom stereocenters. The molecule has 0 bridgehead atoms. The minimum atomic E-state index is -0.303. The number of rotatable bonds is 1. The largest absolute Gasteiger partial charge is 0.344 e. The van der Waals surface area contributed by atoms with Crippen LogP contribution in [0, 0.1) is 0 Å². The van der Waals surface area contributed by atoms with Gasteiger partial charge >= 0.3 is 5.69 Å². The van der Waals surface area contributed by atoms with E-state index in [0.29, 0.717) is 0 Å². The highest BCUT2D eigenvalue weighted by Gasteiger charge is 1.91. The van der Waals surface area contributed by atoms with Gasteiger partial charge in [0.15, 0.2) is 0 Å². The van der Waals surface area contributed by atoms with Crippen molar-refractivity contribution in [1.82, 2.24) is 9.97 Å². The molecule has 0 saturated heterocycles. The van der Waals surface area contributed by atoms with Crippen molar-refractivity contribution in [2.75, 3.05) is 0 Å². The summed E-state index contributed by atoms with van der Waals surface area (Å²) in [5, 5.41) is 0. The second-order valence-electron chi connectivity index (χ2n) is 3.82. The number of aromatic amines is 1. The van der Waals surface area contributed by atoms with Gasteiger partial charge in [-0.15, -0.1) is 0 Å². The fourth-order valence-corrected chi connectivity index (χ4v) is 1.57. The van der Waals surface area contributed by atoms with E-state index < -0.39 is 0 Å². The Hall–Kier alpha value is -2.68. The van der Waals surface area contributed by atoms with E-state index in [1.165, 1.54) is 23.5 Å². The van der Waals surface area contributed by atoms with Crippen molar-refractivity contribution in [3.63, 3.8) is 0 Å². The normalized spacial score (nSPS) is 9.26. The van der Waals surface area contributed by atoms with Crippen LogP contribution in [0.25, 0.3) is 11.1 Å². The number of benzene rings is 2. The second kappa shape index (κ2) is 6.91. The smallest absolute Gasteiger partial charge is 0.313 e. The number of nitrogens with one attached hydrogen (secondary N) is 1. The highest BCUT2D eigenvalue weighted by Crippen LogP contribution is 2.17. The van der Waals surface area contributed by atoms with Crippen molar-refractivity contribution in [3.8, 4) is 11.1 Å². The van der Waals surface area contributed by atoms with Crippen LogP contribution in [-0.2, 0) is 0 Å². The highest BCUT2D eigenvalue weighted by molar-refractivity contribution is 5.62. The van der Waals surface area contributed by atoms with Crippen molar-refractivity contribution in [3.05, 3.63) is 89.6 Å². The molecule has 3 aromatic rings. The van der Waals surface area contributed by atoms with Crippen LogP contribution < -0.4 is 5.69 Å². The van der Waals surface area contributed by atoms with Crippen LogP contribution in [0.15, 0.2) is 83.9 Å². The van der Waals surface area contributed by atoms with E-state index in [-0.39, 0.29) is 5.69 Å². The summed E-state index contributed by atoms with van der Waals surface area (Å²) in [7, 11) is 0. The van der Waals surface area contributed by atoms with Gasteiger partial charge in [-0.1, -0.05) is 60.7 Å². The van der Waals surface area contributed by atoms with Gasteiger partial charge in [-0.05, 0) is 17.2 Å². The molecule has 0 fully saturated rings. The zero-order chi connectivity index (χ0) is 13.3. The third kappa shape index (κ3) is 4.24. The quantitative estimate of drug-likeness (QED) is 0.721. The summed E-state index contributed by atoms with van der Waals surface area (Å²) in [6, 6.07) is 22.4. The number of hydrogen-bond donors (Lipinski definition) is 1. The maximum atomic E-state index is 10.1. The van der Waals surface area contributed by atoms with Crippen LogP contribution in [0.4, 0.5) is 0 Å². The first-order valence-corrected chi connectivity index (χ1v) is 5.96. The van der Waals surface area contributed by atoms with Gasteiger partial charge in [0.05, 0.1) is 0 Å². The first-order chi connectivity index (χ1) is 9.36. The molecule has 0 aliphatic carbocycles. The monoisotopic (exact) mass is 250 g/mol. The van der Waals surface area contributed by atoms with Crippen molar-refractivity contribution < 1.29 is 0 Å². The summed E-state index contributed by atoms with van der Waals surface area (Å²) in [6.07, 6.45) is 2.98. The second-order valence-corrected chi connectivity index (χ2v) is 3.82. The van der Waals surface area contributed by atoms with E-state index in [2.05, 4.69) is 58.5 Å². The SMILES string of the molecule is O=c1nccc[nH]1.c1ccc(-c2ccccc2)cc1. The van der Waals surface area contributed by atoms with E-state index in [0.717, 1.165) is 0 Å². The molecule has 0 saturated carbocycles. The van der Waals surface area contributed by atoms with E-state index >= 15 is 0 Å². The summed E-state index contributed by atoms with van der Waals surface area (Å²) in [5.74, 6) is 0. The lowest BCUT2D eigenvalue weighted by atomic mass is 10.1. The summed E-state index contributed by atoms with van der Waals surface area (Å²) in [6.45, 7) is 0. The van der Waals surface area contributed by atoms with Gasteiger partial charge < -0.3 is 4.98 Å². The highest BCUT2D eigenvalue weighted by atomic mass is 16.1. The minimum absolute atomic E-state index is 0.303. The Morgan fingerprint density at radius 2 is 1.26 bits per heavy atom. The Kier molecular flexibility index (Phi) is 4.64. The van der Waals surface area contributed by atoms with Gasteiger partial charge in [0.2, 0.25) is 0 Å². The first kappa shape index (κ1) is 12.8. The van der Waals surface area contributed by atoms with Crippen LogP contribution in [0.1, 0.15) is 0 Å². The molecule has 0 unspecified atom stereocenters. The summed E-state index contributed by atoms with van der Waals surface area (Å²) >= 11 is 0. The van der Waals surface area contributed by atoms with Crippen LogP contribution in [-0.4, -0.2) is 9.97 Å². The zero-order valence-corrected chi connectivity index (χ0v) is 10.4. The zero-order valence-electron chi connectivity index (χ0n) is 10.4. The van der Waals surface area contributed by atoms with Gasteiger partial charge in [0.1, 0.15) is 0 Å². The molecule has 1 N–H and O–H groups in total. The average molecular weight is 250 g/mol. The van der Waals surface area contributed by atoms with Gasteiger partial charge in [-0.3, -0.25) is 0 Å². The Morgan fingerprint density at radius 1 is 0.737 bits per heavy atom. The van der Waals surface area contributed by atoms with Gasteiger partial charge in [-0.25, -0.2) is 9.78 Å². The van der Waals surface area contributed by atoms with E-state index in [9.17, 15) is 4.79 Å². The molecule has 0 aliphatic rings. The lowest BCUT2D eigenvalue weighted by Gasteiger charge is -1.98. The van der Waals surface area contributed by atoms with Crippen molar-refractivity contribution >= 4 is 0 Å². The summed E-state index contributed by atoms with van der Waals surface area (Å²) in [4.78, 5) is 15.8. The number of hydrogen-bond acceptors (Lipinski definition) is 2. The molecule has 2 aromatic carbocycles. The molecule has 3 nitrogen and oxygen atoms in total. The maximum absolute atomic E-state index is 10.1. The maximum Gasteiger partial charge on any atom is 0.344 e. The molecule has 3 rings (SSSR count). The van der Waals surface area contributed by atoms with Crippen LogP contribution in [0.2, 0.25) is 0 Å². The molecule has 0 radical (unpaired) electrons. The standard InChI is InChI=1S/C12H10.C4H4N2O/c1-3-7-11(8-4-1)12-9-5-2-6-10-12;7-4-5-2-1-3-6-4/h1-10H;1-3H,(H,5,6,7). The average Bonchev–Trinajstić information content (AvgIpc) is 2.51. The summed E-state index contributed by atoms with van der Waals surface area (Å²) < 4.78 is 0. The molecule has 94 valence electrons. The van der Waals surface area contributed by atoms with Gasteiger partial charge in [0, 0.05) is 12.4 Å². The molecule has 3 heteroatoms. The minimum Gasteiger partial charge on any atom is -0.313 e. The predicted molar refractivity (Wildman–Crippen MR) is 76.7 cm³/mol. The molecular formula is C16H14N2O. The Bertz CT molecular complexity index is 593. The molecule has 1 aromatic heterocycles. The number of nitrogens with zero attached hydrogens (tertiary/aromatic N) is 1. The van der Waals surface area contributed by atoms with Gasteiger partial charge in [0.25, 0.3) is 0 Å². The van der Waals surface area contributed by atoms with Crippen molar-refractivity contribution in [1.29, 1.82) is 0 Å². The Balaban J connectivity index is 0.000000163. The molecule has 1 heterocycles. The third-order valence-electron chi connectivity index (χ3n) is 2.46. The lowest BCUT2D eigenvalue weighted by Crippen LogP contribution is -2.05. The molecule has 0 aliphatic heterocycles. The van der Waals surface area contributed by atoms with E-state index in [1.807, 2.05) is 12.1 Å². The summed E-state index contributed by atoms with van der Waals surface area (Å²) in [5.41, 5.74) is 2.25. The fourth-order valence-electron chi connectivity index (χ4n) is 1.57. The lowest BCUT2D eigenvalue weighted by molar-refractivity contribution is 1.08. The Labute approximate surface area is 111 Å². The molecule has 0 amide bonds. The first-order valence-electron chi connectivity index (χ1n) is 5.96. The predicted octanol–water partition coefficient (Wildman–Crippen LogP) is 3.12. The molecule has 19 heavy (non-hydrogen) atoms. The molecular weight excluding hydrogens is 236 g/mol. The van der Waals surface area contributed by atoms with E-state index in [4.69, 9.17) is 0 Å². The number of H-pyrrole nitrogens is 1. The Morgan fingerprint density at radius 3 is 1.58 bits per heavy atom. The van der Waals surface area contributed by atoms with Crippen LogP contribution in [0.3, 0.4) is 0 Å². The van der Waals surface area contributed by atoms with Crippen molar-refractivity contribution in [2.45, 2.75) is 0 Å². The molecule has 0 spiro atoms. The van der Waals surface area contributed by atoms with Crippen LogP contribution >= 0.6 is 0 Å². The van der Waals surface area contributed by atoms with Crippen molar-refractivity contribution in [2.24, 2.45) is 0 Å². The van der Waals surface area contributed by atoms with E-state index in [1.54, 1.807) is 6.07 Å². The fraction of sp³-hybridized carbons (Fsp3) is 0. The third-order valence-corrected chi connectivity index (χ3v) is 2.46. The van der Waals surface area contributed by atoms with Gasteiger partial charge in [-0.2, -0.15) is 0 Å².